The molecule has 0 aliphatic carbocycles. The van der Waals surface area contributed by atoms with E-state index in [1.807, 2.05) is 0 Å². The zero-order valence-corrected chi connectivity index (χ0v) is 37.2. The molecule has 0 amide bonds. The maximum atomic E-state index is 13.9. The number of hydrogen-bond acceptors (Lipinski definition) is 4. The predicted octanol–water partition coefficient (Wildman–Crippen LogP) is 7.76. The Morgan fingerprint density at radius 1 is 0.340 bits per heavy atom. The Bertz CT molecular complexity index is 734. The van der Waals surface area contributed by atoms with Crippen molar-refractivity contribution in [2.24, 2.45) is 10.8 Å². The van der Waals surface area contributed by atoms with E-state index in [1.54, 1.807) is 0 Å². The van der Waals surface area contributed by atoms with Gasteiger partial charge in [-0.3, -0.25) is 0 Å². The molecule has 0 bridgehead atoms. The molecule has 0 aromatic heterocycles. The first-order valence-electron chi connectivity index (χ1n) is 23.3. The molecule has 4 nitrogen and oxygen atoms in total. The van der Waals surface area contributed by atoms with E-state index in [9.17, 15) is 19.8 Å². The van der Waals surface area contributed by atoms with E-state index in [0.29, 0.717) is 25.7 Å². The molecule has 0 aliphatic heterocycles. The van der Waals surface area contributed by atoms with Crippen molar-refractivity contribution < 1.29 is 57.5 Å². The van der Waals surface area contributed by atoms with E-state index in [-0.39, 0.29) is 44.1 Å². The molecule has 0 atom stereocenters. The van der Waals surface area contributed by atoms with Crippen LogP contribution in [0.2, 0.25) is 0 Å². The fourth-order valence-electron chi connectivity index (χ4n) is 9.06. The monoisotopic (exact) mass is 733 g/mol. The van der Waals surface area contributed by atoms with Crippen LogP contribution in [0.4, 0.5) is 0 Å². The predicted molar refractivity (Wildman–Crippen MR) is 218 cm³/mol. The zero-order valence-electron chi connectivity index (χ0n) is 37.2. The maximum Gasteiger partial charge on any atom is 1.00 e. The number of carbonyl (C=O) groups excluding carboxylic acids is 2. The van der Waals surface area contributed by atoms with E-state index in [4.69, 9.17) is 0 Å². The van der Waals surface area contributed by atoms with Crippen molar-refractivity contribution in [3.8, 4) is 0 Å². The number of aliphatic carboxylic acids is 2. The molecule has 0 saturated carbocycles. The molecule has 0 aliphatic rings. The van der Waals surface area contributed by atoms with E-state index >= 15 is 0 Å². The molecule has 0 rings (SSSR count). The van der Waals surface area contributed by atoms with E-state index in [2.05, 4.69) is 27.7 Å². The summed E-state index contributed by atoms with van der Waals surface area (Å²) in [5, 5.41) is 25.6. The molecular weight excluding hydrogens is 642 g/mol. The van der Waals surface area contributed by atoms with Crippen molar-refractivity contribution in [1.82, 2.24) is 0 Å². The summed E-state index contributed by atoms with van der Waals surface area (Å²) < 4.78 is 0. The average molecular weight is 733 g/mol. The standard InChI is InChI=1S/C47H92O4.2Li/c1-5-9-13-17-21-25-29-33-39-46(41-37-38-44(48)49,40-34-30-26-22-18-14-10-6-2)47(45(50)51,42-35-31-27-23-19-15-11-7-3)43-36-32-28-24-20-16-12-8-4;;/h5-43H2,1-4H3,(H,48,49)(H,50,51);;/q;2*+1/p-2. The third kappa shape index (κ3) is 30.0. The van der Waals surface area contributed by atoms with Gasteiger partial charge in [-0.05, 0) is 50.4 Å². The number of rotatable bonds is 42. The summed E-state index contributed by atoms with van der Waals surface area (Å²) in [4.78, 5) is 25.6. The van der Waals surface area contributed by atoms with Crippen LogP contribution in [0.5, 0.6) is 0 Å². The number of unbranched alkanes of at least 4 members (excludes halogenated alkanes) is 28. The summed E-state index contributed by atoms with van der Waals surface area (Å²) in [6, 6.07) is 0. The third-order valence-corrected chi connectivity index (χ3v) is 12.4. The maximum absolute atomic E-state index is 13.9. The second kappa shape index (κ2) is 41.8. The molecule has 6 heteroatoms. The number of carboxylic acids is 2. The van der Waals surface area contributed by atoms with Crippen molar-refractivity contribution in [2.75, 3.05) is 0 Å². The van der Waals surface area contributed by atoms with Gasteiger partial charge in [0.05, 0.1) is 0 Å². The minimum atomic E-state index is -1.01. The van der Waals surface area contributed by atoms with Crippen molar-refractivity contribution in [3.63, 3.8) is 0 Å². The number of hydrogen-bond donors (Lipinski definition) is 0. The van der Waals surface area contributed by atoms with Gasteiger partial charge >= 0.3 is 37.7 Å². The fraction of sp³-hybridized carbons (Fsp3) is 0.957. The van der Waals surface area contributed by atoms with Gasteiger partial charge in [0.15, 0.2) is 0 Å². The smallest absolute Gasteiger partial charge is 0.550 e. The molecule has 0 spiro atoms. The van der Waals surface area contributed by atoms with Crippen LogP contribution in [0.25, 0.3) is 0 Å². The molecule has 53 heavy (non-hydrogen) atoms. The second-order valence-electron chi connectivity index (χ2n) is 16.8. The number of carboxylic acid groups (broad SMARTS) is 2. The molecule has 0 aromatic rings. The first kappa shape index (κ1) is 57.5. The molecular formula is C47H90Li2O4. The van der Waals surface area contributed by atoms with E-state index < -0.39 is 22.8 Å². The Morgan fingerprint density at radius 2 is 0.566 bits per heavy atom. The summed E-state index contributed by atoms with van der Waals surface area (Å²) >= 11 is 0. The summed E-state index contributed by atoms with van der Waals surface area (Å²) in [5.41, 5.74) is -1.29. The number of carbonyl (C=O) groups is 2. The molecule has 0 heterocycles. The summed E-state index contributed by atoms with van der Waals surface area (Å²) in [6.45, 7) is 9.04. The van der Waals surface area contributed by atoms with Gasteiger partial charge in [0.25, 0.3) is 0 Å². The Balaban J connectivity index is -0.0000125. The molecule has 0 unspecified atom stereocenters. The van der Waals surface area contributed by atoms with Gasteiger partial charge in [0.2, 0.25) is 0 Å². The Labute approximate surface area is 356 Å². The van der Waals surface area contributed by atoms with Crippen LogP contribution in [-0.2, 0) is 9.59 Å². The van der Waals surface area contributed by atoms with Crippen molar-refractivity contribution >= 4 is 11.9 Å². The molecule has 0 radical (unpaired) electrons. The van der Waals surface area contributed by atoms with Gasteiger partial charge in [-0.25, -0.2) is 0 Å². The molecule has 0 aromatic carbocycles. The summed E-state index contributed by atoms with van der Waals surface area (Å²) in [5.74, 6) is -1.84. The van der Waals surface area contributed by atoms with Crippen LogP contribution >= 0.6 is 0 Å². The van der Waals surface area contributed by atoms with Crippen LogP contribution < -0.4 is 47.9 Å². The summed E-state index contributed by atoms with van der Waals surface area (Å²) in [7, 11) is 0. The summed E-state index contributed by atoms with van der Waals surface area (Å²) in [6.07, 6.45) is 43.2. The van der Waals surface area contributed by atoms with Gasteiger partial charge in [0, 0.05) is 17.4 Å². The van der Waals surface area contributed by atoms with Gasteiger partial charge in [-0.2, -0.15) is 0 Å². The van der Waals surface area contributed by atoms with E-state index in [1.165, 1.54) is 154 Å². The van der Waals surface area contributed by atoms with Gasteiger partial charge in [-0.1, -0.05) is 233 Å². The van der Waals surface area contributed by atoms with Gasteiger partial charge < -0.3 is 19.8 Å². The van der Waals surface area contributed by atoms with Crippen LogP contribution in [0.3, 0.4) is 0 Å². The Kier molecular flexibility index (Phi) is 45.3. The quantitative estimate of drug-likeness (QED) is 0.0475. The normalized spacial score (nSPS) is 11.7. The Morgan fingerprint density at radius 3 is 0.811 bits per heavy atom. The first-order valence-corrected chi connectivity index (χ1v) is 23.3. The van der Waals surface area contributed by atoms with Gasteiger partial charge in [0.1, 0.15) is 0 Å². The van der Waals surface area contributed by atoms with Crippen LogP contribution in [-0.4, -0.2) is 11.9 Å². The van der Waals surface area contributed by atoms with Crippen molar-refractivity contribution in [3.05, 3.63) is 0 Å². The van der Waals surface area contributed by atoms with Crippen LogP contribution in [0.15, 0.2) is 0 Å². The van der Waals surface area contributed by atoms with Gasteiger partial charge in [-0.15, -0.1) is 0 Å². The van der Waals surface area contributed by atoms with E-state index in [0.717, 1.165) is 64.2 Å². The molecule has 0 fully saturated rings. The molecule has 304 valence electrons. The van der Waals surface area contributed by atoms with Crippen molar-refractivity contribution in [2.45, 2.75) is 278 Å². The fourth-order valence-corrected chi connectivity index (χ4v) is 9.06. The van der Waals surface area contributed by atoms with Crippen LogP contribution in [0.1, 0.15) is 278 Å². The van der Waals surface area contributed by atoms with Crippen LogP contribution in [0, 0.1) is 10.8 Å². The first-order chi connectivity index (χ1) is 24.9. The minimum absolute atomic E-state index is 0. The third-order valence-electron chi connectivity index (χ3n) is 12.4. The minimum Gasteiger partial charge on any atom is -0.550 e. The molecule has 0 N–H and O–H groups in total. The second-order valence-corrected chi connectivity index (χ2v) is 16.8. The van der Waals surface area contributed by atoms with Crippen molar-refractivity contribution in [1.29, 1.82) is 0 Å². The Hall–Kier alpha value is 0.135. The molecule has 0 saturated heterocycles. The zero-order chi connectivity index (χ0) is 37.7. The SMILES string of the molecule is CCCCCCCCCCC(CCCCCCCCCC)(CCCC(=O)[O-])C(CCCCCCCCCC)(CCCCCCCCCC)C(=O)[O-].[Li+].[Li+]. The topological polar surface area (TPSA) is 80.3 Å². The average Bonchev–Trinajstić information content (AvgIpc) is 3.11. The largest absolute Gasteiger partial charge is 1.00 e.